The van der Waals surface area contributed by atoms with Crippen molar-refractivity contribution in [2.45, 2.75) is 43.3 Å². The Morgan fingerprint density at radius 3 is 2.00 bits per heavy atom. The van der Waals surface area contributed by atoms with Crippen LogP contribution in [0.25, 0.3) is 0 Å². The number of nitrogen functional groups attached to an aromatic ring is 1. The lowest BCUT2D eigenvalue weighted by molar-refractivity contribution is -0.166. The second-order valence-electron chi connectivity index (χ2n) is 11.1. The molecule has 228 valence electrons. The number of alkyl halides is 3. The number of amides is 2. The molecule has 1 unspecified atom stereocenters. The van der Waals surface area contributed by atoms with Crippen LogP contribution >= 0.6 is 0 Å². The summed E-state index contributed by atoms with van der Waals surface area (Å²) in [5.41, 5.74) is 4.90. The van der Waals surface area contributed by atoms with Gasteiger partial charge in [0.1, 0.15) is 17.5 Å². The predicted molar refractivity (Wildman–Crippen MR) is 151 cm³/mol. The van der Waals surface area contributed by atoms with Gasteiger partial charge in [-0.3, -0.25) is 9.59 Å². The largest absolute Gasteiger partial charge is 0.412 e. The van der Waals surface area contributed by atoms with E-state index in [1.54, 1.807) is 17.2 Å². The molecule has 3 aromatic rings. The first-order valence-corrected chi connectivity index (χ1v) is 14.1. The fourth-order valence-corrected chi connectivity index (χ4v) is 6.00. The molecule has 2 aliphatic rings. The van der Waals surface area contributed by atoms with Gasteiger partial charge in [-0.1, -0.05) is 24.3 Å². The molecule has 0 radical (unpaired) electrons. The number of hydrogen-bond acceptors (Lipinski definition) is 5. The molecule has 3 N–H and O–H groups in total. The van der Waals surface area contributed by atoms with Crippen LogP contribution in [0.2, 0.25) is 0 Å². The Hall–Kier alpha value is -4.22. The molecule has 1 atom stereocenters. The summed E-state index contributed by atoms with van der Waals surface area (Å²) in [6.45, 7) is 1.56. The number of likely N-dealkylation sites (tertiary alicyclic amines) is 1. The minimum Gasteiger partial charge on any atom is -0.397 e. The maximum Gasteiger partial charge on any atom is 0.412 e. The number of nitrogens with two attached hydrogens (primary N) is 1. The SMILES string of the molecule is Nc1ccc(N2CCC(C(=O)N3CCC(C(=O)NC(c4ccc(F)cc4)C(F)(F)F)(c4ccc(F)cc4)CC3)CC2)nc1. The number of benzene rings is 2. The molecular weight excluding hydrogens is 569 g/mol. The fourth-order valence-electron chi connectivity index (χ4n) is 6.00. The minimum absolute atomic E-state index is 0.0540. The van der Waals surface area contributed by atoms with E-state index >= 15 is 0 Å². The zero-order chi connectivity index (χ0) is 30.8. The summed E-state index contributed by atoms with van der Waals surface area (Å²) in [6, 6.07) is 10.1. The molecule has 2 amide bonds. The third-order valence-corrected chi connectivity index (χ3v) is 8.51. The van der Waals surface area contributed by atoms with Gasteiger partial charge in [0.05, 0.1) is 17.3 Å². The highest BCUT2D eigenvalue weighted by Gasteiger charge is 2.49. The van der Waals surface area contributed by atoms with Gasteiger partial charge in [0.25, 0.3) is 0 Å². The quantitative estimate of drug-likeness (QED) is 0.382. The first-order chi connectivity index (χ1) is 20.5. The predicted octanol–water partition coefficient (Wildman–Crippen LogP) is 5.14. The number of nitrogens with zero attached hydrogens (tertiary/aromatic N) is 3. The van der Waals surface area contributed by atoms with Crippen molar-refractivity contribution in [3.63, 3.8) is 0 Å². The standard InChI is InChI=1S/C31H32F5N5O2/c32-23-5-1-20(2-6-23)27(31(34,35)36)39-29(43)30(22-3-7-24(33)8-4-22)13-17-41(18-14-30)28(42)21-11-15-40(16-12-21)26-10-9-25(37)19-38-26/h1-10,19,21,27H,11-18,37H2,(H,39,43). The van der Waals surface area contributed by atoms with E-state index in [9.17, 15) is 31.5 Å². The molecule has 43 heavy (non-hydrogen) atoms. The maximum atomic E-state index is 14.1. The van der Waals surface area contributed by atoms with Crippen LogP contribution in [0.4, 0.5) is 33.5 Å². The molecule has 2 fully saturated rings. The van der Waals surface area contributed by atoms with Crippen LogP contribution in [0.15, 0.2) is 66.9 Å². The van der Waals surface area contributed by atoms with Gasteiger partial charge in [0.15, 0.2) is 6.04 Å². The van der Waals surface area contributed by atoms with Crippen molar-refractivity contribution in [1.29, 1.82) is 0 Å². The number of nitrogens with one attached hydrogen (secondary N) is 1. The van der Waals surface area contributed by atoms with E-state index in [0.717, 1.165) is 42.2 Å². The molecule has 2 aromatic carbocycles. The third-order valence-electron chi connectivity index (χ3n) is 8.51. The Labute approximate surface area is 245 Å². The Morgan fingerprint density at radius 2 is 1.47 bits per heavy atom. The van der Waals surface area contributed by atoms with E-state index in [0.29, 0.717) is 37.2 Å². The summed E-state index contributed by atoms with van der Waals surface area (Å²) in [6.07, 6.45) is -1.95. The normalized spacial score (nSPS) is 18.3. The Kier molecular flexibility index (Phi) is 8.57. The van der Waals surface area contributed by atoms with Crippen molar-refractivity contribution in [3.8, 4) is 0 Å². The molecule has 2 aliphatic heterocycles. The van der Waals surface area contributed by atoms with Crippen molar-refractivity contribution in [2.75, 3.05) is 36.8 Å². The van der Waals surface area contributed by atoms with Crippen molar-refractivity contribution in [1.82, 2.24) is 15.2 Å². The zero-order valence-electron chi connectivity index (χ0n) is 23.3. The van der Waals surface area contributed by atoms with Gasteiger partial charge < -0.3 is 20.9 Å². The Morgan fingerprint density at radius 1 is 0.884 bits per heavy atom. The molecule has 0 spiro atoms. The molecule has 2 saturated heterocycles. The molecule has 1 aromatic heterocycles. The summed E-state index contributed by atoms with van der Waals surface area (Å²) < 4.78 is 69.6. The number of piperidine rings is 2. The summed E-state index contributed by atoms with van der Waals surface area (Å²) in [5.74, 6) is -1.65. The van der Waals surface area contributed by atoms with Crippen LogP contribution in [-0.2, 0) is 15.0 Å². The number of carbonyl (C=O) groups excluding carboxylic acids is 2. The van der Waals surface area contributed by atoms with Gasteiger partial charge >= 0.3 is 6.18 Å². The lowest BCUT2D eigenvalue weighted by Crippen LogP contribution is -2.55. The highest BCUT2D eigenvalue weighted by molar-refractivity contribution is 5.89. The molecule has 5 rings (SSSR count). The zero-order valence-corrected chi connectivity index (χ0v) is 23.3. The topological polar surface area (TPSA) is 91.6 Å². The van der Waals surface area contributed by atoms with E-state index in [4.69, 9.17) is 5.73 Å². The number of rotatable bonds is 6. The average Bonchev–Trinajstić information content (AvgIpc) is 3.00. The van der Waals surface area contributed by atoms with Crippen LogP contribution in [0.5, 0.6) is 0 Å². The molecule has 3 heterocycles. The Balaban J connectivity index is 1.30. The maximum absolute atomic E-state index is 14.1. The van der Waals surface area contributed by atoms with Gasteiger partial charge in [0.2, 0.25) is 11.8 Å². The average molecular weight is 602 g/mol. The van der Waals surface area contributed by atoms with Crippen molar-refractivity contribution in [2.24, 2.45) is 5.92 Å². The Bertz CT molecular complexity index is 1410. The van der Waals surface area contributed by atoms with Crippen LogP contribution in [0, 0.1) is 17.6 Å². The van der Waals surface area contributed by atoms with E-state index in [1.807, 2.05) is 6.07 Å². The van der Waals surface area contributed by atoms with Gasteiger partial charge in [-0.2, -0.15) is 13.2 Å². The van der Waals surface area contributed by atoms with Crippen LogP contribution in [0.3, 0.4) is 0 Å². The van der Waals surface area contributed by atoms with Gasteiger partial charge in [0, 0.05) is 32.1 Å². The summed E-state index contributed by atoms with van der Waals surface area (Å²) in [4.78, 5) is 35.3. The summed E-state index contributed by atoms with van der Waals surface area (Å²) in [5, 5.41) is 2.14. The molecule has 0 bridgehead atoms. The second kappa shape index (κ2) is 12.2. The van der Waals surface area contributed by atoms with E-state index in [1.165, 1.54) is 12.1 Å². The number of halogens is 5. The lowest BCUT2D eigenvalue weighted by atomic mass is 9.71. The minimum atomic E-state index is -4.86. The number of aromatic nitrogens is 1. The first kappa shape index (κ1) is 30.2. The van der Waals surface area contributed by atoms with E-state index < -0.39 is 35.2 Å². The third kappa shape index (κ3) is 6.57. The van der Waals surface area contributed by atoms with Gasteiger partial charge in [-0.05, 0) is 73.2 Å². The number of hydrogen-bond donors (Lipinski definition) is 2. The number of pyridine rings is 1. The van der Waals surface area contributed by atoms with Gasteiger partial charge in [-0.15, -0.1) is 0 Å². The van der Waals surface area contributed by atoms with E-state index in [2.05, 4.69) is 15.2 Å². The number of anilines is 2. The number of carbonyl (C=O) groups is 2. The molecule has 12 heteroatoms. The monoisotopic (exact) mass is 601 g/mol. The lowest BCUT2D eigenvalue weighted by Gasteiger charge is -2.43. The van der Waals surface area contributed by atoms with Crippen LogP contribution < -0.4 is 16.0 Å². The highest BCUT2D eigenvalue weighted by atomic mass is 19.4. The van der Waals surface area contributed by atoms with Crippen molar-refractivity contribution >= 4 is 23.3 Å². The molecule has 0 saturated carbocycles. The van der Waals surface area contributed by atoms with Crippen LogP contribution in [-0.4, -0.2) is 54.1 Å². The molecule has 0 aliphatic carbocycles. The smallest absolute Gasteiger partial charge is 0.397 e. The molecule has 7 nitrogen and oxygen atoms in total. The molecular formula is C31H32F5N5O2. The van der Waals surface area contributed by atoms with Gasteiger partial charge in [-0.25, -0.2) is 13.8 Å². The van der Waals surface area contributed by atoms with Crippen LogP contribution in [0.1, 0.15) is 42.9 Å². The summed E-state index contributed by atoms with van der Waals surface area (Å²) >= 11 is 0. The second-order valence-corrected chi connectivity index (χ2v) is 11.1. The van der Waals surface area contributed by atoms with Crippen molar-refractivity contribution < 1.29 is 31.5 Å². The van der Waals surface area contributed by atoms with Crippen molar-refractivity contribution in [3.05, 3.63) is 89.6 Å². The van der Waals surface area contributed by atoms with E-state index in [-0.39, 0.29) is 43.3 Å². The first-order valence-electron chi connectivity index (χ1n) is 14.1. The highest BCUT2D eigenvalue weighted by Crippen LogP contribution is 2.40. The fraction of sp³-hybridized carbons (Fsp3) is 0.387. The summed E-state index contributed by atoms with van der Waals surface area (Å²) in [7, 11) is 0.